The molecule has 0 nitrogen and oxygen atoms in total. The summed E-state index contributed by atoms with van der Waals surface area (Å²) in [7, 11) is 0. The Morgan fingerprint density at radius 2 is 1.75 bits per heavy atom. The third-order valence-electron chi connectivity index (χ3n) is 1.62. The summed E-state index contributed by atoms with van der Waals surface area (Å²) in [6, 6.07) is 9.05. The topological polar surface area (TPSA) is 0 Å². The average Bonchev–Trinajstić information content (AvgIpc) is 2.09. The van der Waals surface area contributed by atoms with Crippen LogP contribution in [0.3, 0.4) is 0 Å². The maximum atomic E-state index is 3.06. The molecule has 61 valence electrons. The molecule has 0 heterocycles. The van der Waals surface area contributed by atoms with Crippen molar-refractivity contribution in [3.63, 3.8) is 0 Å². The van der Waals surface area contributed by atoms with Crippen molar-refractivity contribution in [3.8, 4) is 0 Å². The van der Waals surface area contributed by atoms with E-state index in [2.05, 4.69) is 24.3 Å². The number of rotatable bonds is 2. The summed E-state index contributed by atoms with van der Waals surface area (Å²) >= 11 is 0. The van der Waals surface area contributed by atoms with Crippen LogP contribution in [0.25, 0.3) is 12.2 Å². The molecule has 1 aromatic rings. The first-order valence-corrected chi connectivity index (χ1v) is 4.14. The first kappa shape index (κ1) is 8.79. The monoisotopic (exact) mass is 157 g/mol. The van der Waals surface area contributed by atoms with Crippen LogP contribution in [0.15, 0.2) is 30.4 Å². The van der Waals surface area contributed by atoms with Gasteiger partial charge in [-0.3, -0.25) is 0 Å². The first-order valence-electron chi connectivity index (χ1n) is 4.14. The summed E-state index contributed by atoms with van der Waals surface area (Å²) in [5, 5.41) is 0. The molecule has 0 fully saturated rings. The largest absolute Gasteiger partial charge is 0.0870 e. The van der Waals surface area contributed by atoms with Crippen LogP contribution in [0.2, 0.25) is 0 Å². The number of benzene rings is 1. The van der Waals surface area contributed by atoms with Crippen LogP contribution in [0.1, 0.15) is 25.0 Å². The minimum absolute atomic E-state index is 1.22. The molecular formula is C12H13. The van der Waals surface area contributed by atoms with Gasteiger partial charge in [0, 0.05) is 0 Å². The maximum Gasteiger partial charge on any atom is -0.0177 e. The highest BCUT2D eigenvalue weighted by molar-refractivity contribution is 5.64. The van der Waals surface area contributed by atoms with Crippen LogP contribution in [0, 0.1) is 6.07 Å². The third kappa shape index (κ3) is 2.09. The molecule has 1 aromatic carbocycles. The number of hydrogen-bond acceptors (Lipinski definition) is 0. The third-order valence-corrected chi connectivity index (χ3v) is 1.62. The maximum absolute atomic E-state index is 3.06. The van der Waals surface area contributed by atoms with Gasteiger partial charge in [0.15, 0.2) is 0 Å². The molecule has 0 spiro atoms. The molecule has 1 radical (unpaired) electrons. The Labute approximate surface area is 74.2 Å². The van der Waals surface area contributed by atoms with E-state index in [1.807, 2.05) is 38.1 Å². The molecule has 0 saturated carbocycles. The smallest absolute Gasteiger partial charge is 0.0177 e. The minimum atomic E-state index is 1.22. The van der Waals surface area contributed by atoms with Gasteiger partial charge in [0.25, 0.3) is 0 Å². The van der Waals surface area contributed by atoms with Crippen LogP contribution in [-0.4, -0.2) is 0 Å². The first-order chi connectivity index (χ1) is 5.88. The summed E-state index contributed by atoms with van der Waals surface area (Å²) in [6.07, 6.45) is 8.27. The van der Waals surface area contributed by atoms with Gasteiger partial charge >= 0.3 is 0 Å². The molecule has 0 saturated heterocycles. The highest BCUT2D eigenvalue weighted by Crippen LogP contribution is 2.11. The minimum Gasteiger partial charge on any atom is -0.0870 e. The van der Waals surface area contributed by atoms with Crippen molar-refractivity contribution in [2.45, 2.75) is 13.8 Å². The Balaban J connectivity index is 3.08. The summed E-state index contributed by atoms with van der Waals surface area (Å²) < 4.78 is 0. The summed E-state index contributed by atoms with van der Waals surface area (Å²) in [4.78, 5) is 0. The molecule has 0 amide bonds. The Hall–Kier alpha value is -1.30. The fourth-order valence-electron chi connectivity index (χ4n) is 1.11. The van der Waals surface area contributed by atoms with E-state index in [1.165, 1.54) is 11.1 Å². The molecule has 0 aliphatic rings. The second-order valence-corrected chi connectivity index (χ2v) is 2.56. The zero-order valence-corrected chi connectivity index (χ0v) is 7.54. The van der Waals surface area contributed by atoms with Gasteiger partial charge in [-0.15, -0.1) is 0 Å². The van der Waals surface area contributed by atoms with E-state index in [9.17, 15) is 0 Å². The zero-order chi connectivity index (χ0) is 8.81. The van der Waals surface area contributed by atoms with Gasteiger partial charge < -0.3 is 0 Å². The fourth-order valence-corrected chi connectivity index (χ4v) is 1.11. The normalized spacial score (nSPS) is 11.5. The van der Waals surface area contributed by atoms with E-state index in [1.54, 1.807) is 0 Å². The van der Waals surface area contributed by atoms with E-state index in [4.69, 9.17) is 0 Å². The molecule has 1 rings (SSSR count). The Bertz CT molecular complexity index is 262. The molecule has 0 aliphatic heterocycles. The average molecular weight is 157 g/mol. The lowest BCUT2D eigenvalue weighted by molar-refractivity contribution is 1.58. The Kier molecular flexibility index (Phi) is 3.34. The highest BCUT2D eigenvalue weighted by Gasteiger charge is 1.91. The van der Waals surface area contributed by atoms with Gasteiger partial charge in [-0.05, 0) is 37.1 Å². The molecule has 0 bridgehead atoms. The van der Waals surface area contributed by atoms with E-state index in [0.29, 0.717) is 0 Å². The lowest BCUT2D eigenvalue weighted by Gasteiger charge is -1.98. The lowest BCUT2D eigenvalue weighted by atomic mass is 10.1. The molecule has 0 N–H and O–H groups in total. The van der Waals surface area contributed by atoms with Crippen molar-refractivity contribution >= 4 is 12.2 Å². The molecule has 0 unspecified atom stereocenters. The van der Waals surface area contributed by atoms with E-state index in [0.717, 1.165) is 0 Å². The van der Waals surface area contributed by atoms with Crippen molar-refractivity contribution in [2.24, 2.45) is 0 Å². The van der Waals surface area contributed by atoms with Crippen LogP contribution in [0.5, 0.6) is 0 Å². The van der Waals surface area contributed by atoms with Gasteiger partial charge in [0.05, 0.1) is 0 Å². The second kappa shape index (κ2) is 4.55. The SMILES string of the molecule is CC=Cc1c[c]ccc1C=CC. The van der Waals surface area contributed by atoms with Crippen LogP contribution in [-0.2, 0) is 0 Å². The van der Waals surface area contributed by atoms with Crippen molar-refractivity contribution in [3.05, 3.63) is 47.5 Å². The van der Waals surface area contributed by atoms with E-state index >= 15 is 0 Å². The van der Waals surface area contributed by atoms with Crippen molar-refractivity contribution in [2.75, 3.05) is 0 Å². The Morgan fingerprint density at radius 3 is 2.42 bits per heavy atom. The molecule has 0 aliphatic carbocycles. The van der Waals surface area contributed by atoms with Crippen molar-refractivity contribution in [1.29, 1.82) is 0 Å². The summed E-state index contributed by atoms with van der Waals surface area (Å²) in [5.41, 5.74) is 2.47. The second-order valence-electron chi connectivity index (χ2n) is 2.56. The predicted octanol–water partition coefficient (Wildman–Crippen LogP) is 3.55. The quantitative estimate of drug-likeness (QED) is 0.615. The molecule has 0 heteroatoms. The molecule has 12 heavy (non-hydrogen) atoms. The Morgan fingerprint density at radius 1 is 1.08 bits per heavy atom. The fraction of sp³-hybridized carbons (Fsp3) is 0.167. The summed E-state index contributed by atoms with van der Waals surface area (Å²) in [5.74, 6) is 0. The molecule has 0 aromatic heterocycles. The zero-order valence-electron chi connectivity index (χ0n) is 7.54. The standard InChI is InChI=1S/C12H13/c1-3-7-11-9-5-6-10-12(11)8-4-2/h3-5,7-10H,1-2H3. The number of hydrogen-bond donors (Lipinski definition) is 0. The van der Waals surface area contributed by atoms with E-state index in [-0.39, 0.29) is 0 Å². The van der Waals surface area contributed by atoms with Gasteiger partial charge in [0.2, 0.25) is 0 Å². The van der Waals surface area contributed by atoms with Crippen LogP contribution in [0.4, 0.5) is 0 Å². The van der Waals surface area contributed by atoms with Gasteiger partial charge in [-0.25, -0.2) is 0 Å². The van der Waals surface area contributed by atoms with Gasteiger partial charge in [-0.1, -0.05) is 36.4 Å². The van der Waals surface area contributed by atoms with E-state index < -0.39 is 0 Å². The number of allylic oxidation sites excluding steroid dienone is 2. The van der Waals surface area contributed by atoms with Crippen molar-refractivity contribution < 1.29 is 0 Å². The lowest BCUT2D eigenvalue weighted by Crippen LogP contribution is -1.78. The van der Waals surface area contributed by atoms with Crippen LogP contribution < -0.4 is 0 Å². The van der Waals surface area contributed by atoms with Crippen molar-refractivity contribution in [1.82, 2.24) is 0 Å². The summed E-state index contributed by atoms with van der Waals surface area (Å²) in [6.45, 7) is 4.04. The van der Waals surface area contributed by atoms with Crippen LogP contribution >= 0.6 is 0 Å². The molecule has 0 atom stereocenters. The molecular weight excluding hydrogens is 144 g/mol. The predicted molar refractivity (Wildman–Crippen MR) is 54.7 cm³/mol. The highest BCUT2D eigenvalue weighted by atomic mass is 14.0. The van der Waals surface area contributed by atoms with Gasteiger partial charge in [-0.2, -0.15) is 0 Å². The van der Waals surface area contributed by atoms with Gasteiger partial charge in [0.1, 0.15) is 0 Å².